The molecule has 2 N–H and O–H groups in total. The molecule has 1 atom stereocenters. The Morgan fingerprint density at radius 1 is 1.32 bits per heavy atom. The van der Waals surface area contributed by atoms with E-state index in [9.17, 15) is 0 Å². The second-order valence-corrected chi connectivity index (χ2v) is 7.30. The van der Waals surface area contributed by atoms with Crippen molar-refractivity contribution in [3.63, 3.8) is 0 Å². The molecule has 1 aliphatic heterocycles. The molecule has 2 fully saturated rings. The number of aliphatic hydroxyl groups excluding tert-OH is 1. The maximum Gasteiger partial charge on any atom is 0.0697 e. The van der Waals surface area contributed by atoms with E-state index in [1.807, 2.05) is 0 Å². The zero-order chi connectivity index (χ0) is 13.8. The molecular formula is C16H31NO2. The predicted molar refractivity (Wildman–Crippen MR) is 78.3 cm³/mol. The fraction of sp³-hybridized carbons (Fsp3) is 1.00. The van der Waals surface area contributed by atoms with Gasteiger partial charge in [-0.1, -0.05) is 26.7 Å². The SMILES string of the molecule is CC(C)(CCCO)CNC1CCOC2(CCCC2)C1. The van der Waals surface area contributed by atoms with Crippen LogP contribution in [-0.2, 0) is 4.74 Å². The van der Waals surface area contributed by atoms with Crippen LogP contribution in [0, 0.1) is 5.41 Å². The summed E-state index contributed by atoms with van der Waals surface area (Å²) in [7, 11) is 0. The first-order valence-corrected chi connectivity index (χ1v) is 8.04. The highest BCUT2D eigenvalue weighted by Gasteiger charge is 2.39. The Balaban J connectivity index is 1.76. The number of hydrogen-bond acceptors (Lipinski definition) is 3. The van der Waals surface area contributed by atoms with Gasteiger partial charge in [0.25, 0.3) is 0 Å². The molecule has 19 heavy (non-hydrogen) atoms. The van der Waals surface area contributed by atoms with Crippen molar-refractivity contribution in [1.82, 2.24) is 5.32 Å². The summed E-state index contributed by atoms with van der Waals surface area (Å²) in [4.78, 5) is 0. The van der Waals surface area contributed by atoms with Gasteiger partial charge >= 0.3 is 0 Å². The van der Waals surface area contributed by atoms with Crippen molar-refractivity contribution in [2.24, 2.45) is 5.41 Å². The average Bonchev–Trinajstić information content (AvgIpc) is 2.82. The molecule has 2 rings (SSSR count). The van der Waals surface area contributed by atoms with Gasteiger partial charge in [0, 0.05) is 25.8 Å². The lowest BCUT2D eigenvalue weighted by Gasteiger charge is -2.40. The van der Waals surface area contributed by atoms with Crippen LogP contribution >= 0.6 is 0 Å². The monoisotopic (exact) mass is 269 g/mol. The van der Waals surface area contributed by atoms with Crippen LogP contribution in [0.2, 0.25) is 0 Å². The third kappa shape index (κ3) is 4.44. The van der Waals surface area contributed by atoms with Gasteiger partial charge in [-0.15, -0.1) is 0 Å². The molecule has 0 amide bonds. The summed E-state index contributed by atoms with van der Waals surface area (Å²) in [6, 6.07) is 0.625. The molecule has 1 aliphatic carbocycles. The Morgan fingerprint density at radius 3 is 2.74 bits per heavy atom. The van der Waals surface area contributed by atoms with Crippen molar-refractivity contribution < 1.29 is 9.84 Å². The second kappa shape index (κ2) is 6.55. The Labute approximate surface area is 118 Å². The van der Waals surface area contributed by atoms with Crippen LogP contribution in [0.15, 0.2) is 0 Å². The fourth-order valence-electron chi connectivity index (χ4n) is 3.64. The first-order valence-electron chi connectivity index (χ1n) is 8.04. The topological polar surface area (TPSA) is 41.5 Å². The molecule has 2 aliphatic rings. The van der Waals surface area contributed by atoms with Crippen LogP contribution < -0.4 is 5.32 Å². The molecule has 0 aromatic carbocycles. The van der Waals surface area contributed by atoms with Crippen LogP contribution in [-0.4, -0.2) is 36.5 Å². The van der Waals surface area contributed by atoms with Gasteiger partial charge in [-0.05, 0) is 43.9 Å². The molecule has 1 spiro atoms. The van der Waals surface area contributed by atoms with Gasteiger partial charge in [-0.25, -0.2) is 0 Å². The largest absolute Gasteiger partial charge is 0.396 e. The van der Waals surface area contributed by atoms with Crippen LogP contribution in [0.25, 0.3) is 0 Å². The van der Waals surface area contributed by atoms with E-state index in [4.69, 9.17) is 9.84 Å². The lowest BCUT2D eigenvalue weighted by molar-refractivity contribution is -0.0843. The highest BCUT2D eigenvalue weighted by Crippen LogP contribution is 2.40. The standard InChI is InChI=1S/C16H31NO2/c1-15(2,7-5-10-18)13-17-14-6-11-19-16(12-14)8-3-4-9-16/h14,17-18H,3-13H2,1-2H3. The smallest absolute Gasteiger partial charge is 0.0697 e. The second-order valence-electron chi connectivity index (χ2n) is 7.30. The van der Waals surface area contributed by atoms with Crippen LogP contribution in [0.1, 0.15) is 65.2 Å². The van der Waals surface area contributed by atoms with E-state index in [1.165, 1.54) is 32.1 Å². The van der Waals surface area contributed by atoms with Crippen molar-refractivity contribution in [2.75, 3.05) is 19.8 Å². The summed E-state index contributed by atoms with van der Waals surface area (Å²) in [6.45, 7) is 6.87. The zero-order valence-electron chi connectivity index (χ0n) is 12.7. The van der Waals surface area contributed by atoms with Gasteiger partial charge in [-0.3, -0.25) is 0 Å². The molecule has 112 valence electrons. The van der Waals surface area contributed by atoms with E-state index < -0.39 is 0 Å². The molecule has 1 saturated heterocycles. The number of aliphatic hydroxyl groups is 1. The normalized spacial score (nSPS) is 27.0. The Bertz CT molecular complexity index is 272. The quantitative estimate of drug-likeness (QED) is 0.779. The van der Waals surface area contributed by atoms with Crippen molar-refractivity contribution in [3.8, 4) is 0 Å². The minimum atomic E-state index is 0.213. The third-order valence-electron chi connectivity index (χ3n) is 4.89. The van der Waals surface area contributed by atoms with Gasteiger partial charge in [0.05, 0.1) is 5.60 Å². The third-order valence-corrected chi connectivity index (χ3v) is 4.89. The van der Waals surface area contributed by atoms with Gasteiger partial charge in [0.2, 0.25) is 0 Å². The molecule has 0 aromatic rings. The number of ether oxygens (including phenoxy) is 1. The van der Waals surface area contributed by atoms with Gasteiger partial charge < -0.3 is 15.2 Å². The Hall–Kier alpha value is -0.120. The van der Waals surface area contributed by atoms with Crippen LogP contribution in [0.5, 0.6) is 0 Å². The van der Waals surface area contributed by atoms with Crippen LogP contribution in [0.4, 0.5) is 0 Å². The van der Waals surface area contributed by atoms with E-state index in [0.717, 1.165) is 32.4 Å². The molecule has 1 heterocycles. The van der Waals surface area contributed by atoms with Crippen molar-refractivity contribution in [2.45, 2.75) is 76.9 Å². The summed E-state index contributed by atoms with van der Waals surface area (Å²) in [5, 5.41) is 12.7. The maximum absolute atomic E-state index is 8.95. The Kier molecular flexibility index (Phi) is 5.27. The van der Waals surface area contributed by atoms with E-state index >= 15 is 0 Å². The molecule has 3 heteroatoms. The average molecular weight is 269 g/mol. The number of nitrogens with one attached hydrogen (secondary N) is 1. The highest BCUT2D eigenvalue weighted by atomic mass is 16.5. The predicted octanol–water partition coefficient (Wildman–Crippen LogP) is 2.87. The lowest BCUT2D eigenvalue weighted by atomic mass is 9.85. The summed E-state index contributed by atoms with van der Waals surface area (Å²) in [5.74, 6) is 0. The number of rotatable bonds is 6. The fourth-order valence-corrected chi connectivity index (χ4v) is 3.64. The molecule has 0 aromatic heterocycles. The summed E-state index contributed by atoms with van der Waals surface area (Å²) in [5.41, 5.74) is 0.495. The first-order chi connectivity index (χ1) is 9.05. The molecule has 1 saturated carbocycles. The van der Waals surface area contributed by atoms with Gasteiger partial charge in [0.1, 0.15) is 0 Å². The minimum Gasteiger partial charge on any atom is -0.396 e. The van der Waals surface area contributed by atoms with Crippen molar-refractivity contribution in [3.05, 3.63) is 0 Å². The van der Waals surface area contributed by atoms with Crippen molar-refractivity contribution in [1.29, 1.82) is 0 Å². The molecule has 0 bridgehead atoms. The van der Waals surface area contributed by atoms with E-state index in [2.05, 4.69) is 19.2 Å². The number of hydrogen-bond donors (Lipinski definition) is 2. The van der Waals surface area contributed by atoms with E-state index in [0.29, 0.717) is 12.6 Å². The zero-order valence-corrected chi connectivity index (χ0v) is 12.7. The minimum absolute atomic E-state index is 0.213. The molecule has 0 radical (unpaired) electrons. The molecular weight excluding hydrogens is 238 g/mol. The molecule has 3 nitrogen and oxygen atoms in total. The van der Waals surface area contributed by atoms with E-state index in [-0.39, 0.29) is 11.0 Å². The maximum atomic E-state index is 8.95. The van der Waals surface area contributed by atoms with Gasteiger partial charge in [0.15, 0.2) is 0 Å². The van der Waals surface area contributed by atoms with E-state index in [1.54, 1.807) is 0 Å². The van der Waals surface area contributed by atoms with Crippen molar-refractivity contribution >= 4 is 0 Å². The molecule has 1 unspecified atom stereocenters. The first kappa shape index (κ1) is 15.3. The summed E-state index contributed by atoms with van der Waals surface area (Å²) in [6.07, 6.45) is 9.56. The summed E-state index contributed by atoms with van der Waals surface area (Å²) < 4.78 is 6.08. The summed E-state index contributed by atoms with van der Waals surface area (Å²) >= 11 is 0. The Morgan fingerprint density at radius 2 is 2.05 bits per heavy atom. The highest BCUT2D eigenvalue weighted by molar-refractivity contribution is 4.93. The van der Waals surface area contributed by atoms with Crippen LogP contribution in [0.3, 0.4) is 0 Å². The lowest BCUT2D eigenvalue weighted by Crippen LogP contribution is -2.47. The van der Waals surface area contributed by atoms with Gasteiger partial charge in [-0.2, -0.15) is 0 Å².